The number of para-hydroxylation sites is 1. The maximum absolute atomic E-state index is 13.7. The lowest BCUT2D eigenvalue weighted by Crippen LogP contribution is -2.57. The number of hydrogen-bond donors (Lipinski definition) is 0. The summed E-state index contributed by atoms with van der Waals surface area (Å²) >= 11 is 5.69. The Morgan fingerprint density at radius 1 is 0.848 bits per heavy atom. The summed E-state index contributed by atoms with van der Waals surface area (Å²) in [6, 6.07) is 20.1. The van der Waals surface area contributed by atoms with Crippen LogP contribution in [0.1, 0.15) is 16.7 Å². The van der Waals surface area contributed by atoms with Crippen molar-refractivity contribution in [2.24, 2.45) is 0 Å². The minimum absolute atomic E-state index is 0.00583. The largest absolute Gasteiger partial charge is 0.454 e. The number of carbonyl (C=O) groups is 2. The highest BCUT2D eigenvalue weighted by Crippen LogP contribution is 2.35. The van der Waals surface area contributed by atoms with Gasteiger partial charge in [0, 0.05) is 0 Å². The molecule has 33 heavy (non-hydrogen) atoms. The van der Waals surface area contributed by atoms with Gasteiger partial charge >= 0.3 is 0 Å². The Morgan fingerprint density at radius 3 is 2.33 bits per heavy atom. The highest BCUT2D eigenvalue weighted by molar-refractivity contribution is 7.81. The minimum atomic E-state index is -0.477. The van der Waals surface area contributed by atoms with Crippen molar-refractivity contribution in [3.8, 4) is 11.5 Å². The number of nitrogens with zero attached hydrogens (tertiary/aromatic N) is 2. The van der Waals surface area contributed by atoms with Gasteiger partial charge in [-0.3, -0.25) is 19.4 Å². The topological polar surface area (TPSA) is 59.1 Å². The molecule has 1 fully saturated rings. The zero-order chi connectivity index (χ0) is 23.1. The van der Waals surface area contributed by atoms with Crippen LogP contribution in [0, 0.1) is 13.8 Å². The molecule has 2 aliphatic heterocycles. The number of ether oxygens (including phenoxy) is 2. The van der Waals surface area contributed by atoms with Gasteiger partial charge < -0.3 is 9.47 Å². The Bertz CT molecular complexity index is 1330. The van der Waals surface area contributed by atoms with E-state index in [1.807, 2.05) is 50.2 Å². The molecule has 6 nitrogen and oxygen atoms in total. The SMILES string of the molecule is Cc1ccc(N2C(=O)/C(=C\c3ccc4c(c3)OCO4)C(=O)N(c3ccccc3)C2=S)c(C)c1. The van der Waals surface area contributed by atoms with E-state index in [4.69, 9.17) is 21.7 Å². The van der Waals surface area contributed by atoms with Crippen LogP contribution in [0.2, 0.25) is 0 Å². The minimum Gasteiger partial charge on any atom is -0.454 e. The average molecular weight is 457 g/mol. The Kier molecular flexibility index (Phi) is 5.18. The lowest BCUT2D eigenvalue weighted by molar-refractivity contribution is -0.120. The highest BCUT2D eigenvalue weighted by Gasteiger charge is 2.41. The molecule has 0 unspecified atom stereocenters. The van der Waals surface area contributed by atoms with E-state index in [1.54, 1.807) is 36.4 Å². The Hall–Kier alpha value is -3.97. The van der Waals surface area contributed by atoms with Crippen LogP contribution < -0.4 is 19.3 Å². The highest BCUT2D eigenvalue weighted by atomic mass is 32.1. The van der Waals surface area contributed by atoms with Crippen molar-refractivity contribution in [3.05, 3.63) is 89.0 Å². The van der Waals surface area contributed by atoms with Crippen LogP contribution in [-0.4, -0.2) is 23.7 Å². The fraction of sp³-hybridized carbons (Fsp3) is 0.115. The summed E-state index contributed by atoms with van der Waals surface area (Å²) in [5, 5.41) is 0.117. The number of anilines is 2. The van der Waals surface area contributed by atoms with E-state index in [1.165, 1.54) is 9.80 Å². The summed E-state index contributed by atoms with van der Waals surface area (Å²) in [7, 11) is 0. The predicted octanol–water partition coefficient (Wildman–Crippen LogP) is 4.78. The first-order chi connectivity index (χ1) is 15.9. The summed E-state index contributed by atoms with van der Waals surface area (Å²) in [5.41, 5.74) is 3.84. The van der Waals surface area contributed by atoms with Gasteiger partial charge in [-0.1, -0.05) is 42.0 Å². The quantitative estimate of drug-likeness (QED) is 0.323. The molecule has 7 heteroatoms. The number of rotatable bonds is 3. The third kappa shape index (κ3) is 3.66. The normalized spacial score (nSPS) is 16.7. The van der Waals surface area contributed by atoms with Gasteiger partial charge in [-0.25, -0.2) is 0 Å². The fourth-order valence-electron chi connectivity index (χ4n) is 3.97. The molecule has 0 aromatic heterocycles. The van der Waals surface area contributed by atoms with Crippen LogP contribution in [0.5, 0.6) is 11.5 Å². The first kappa shape index (κ1) is 20.9. The van der Waals surface area contributed by atoms with Gasteiger partial charge in [0.05, 0.1) is 11.4 Å². The molecule has 0 aliphatic carbocycles. The molecule has 5 rings (SSSR count). The molecule has 0 bridgehead atoms. The number of amides is 2. The van der Waals surface area contributed by atoms with Gasteiger partial charge in [0.25, 0.3) is 11.8 Å². The molecular formula is C26H20N2O4S. The van der Waals surface area contributed by atoms with Crippen molar-refractivity contribution in [3.63, 3.8) is 0 Å². The van der Waals surface area contributed by atoms with E-state index < -0.39 is 11.8 Å². The zero-order valence-corrected chi connectivity index (χ0v) is 18.9. The number of hydrogen-bond acceptors (Lipinski definition) is 5. The lowest BCUT2D eigenvalue weighted by atomic mass is 10.0. The molecule has 2 amide bonds. The summed E-state index contributed by atoms with van der Waals surface area (Å²) < 4.78 is 10.8. The Labute approximate surface area is 196 Å². The number of benzene rings is 3. The second-order valence-electron chi connectivity index (χ2n) is 7.86. The lowest BCUT2D eigenvalue weighted by Gasteiger charge is -2.37. The summed E-state index contributed by atoms with van der Waals surface area (Å²) in [6.07, 6.45) is 1.57. The first-order valence-electron chi connectivity index (χ1n) is 10.4. The molecule has 3 aromatic rings. The van der Waals surface area contributed by atoms with Gasteiger partial charge in [-0.15, -0.1) is 0 Å². The van der Waals surface area contributed by atoms with Crippen molar-refractivity contribution in [1.29, 1.82) is 0 Å². The molecule has 2 aliphatic rings. The molecule has 0 saturated carbocycles. The summed E-state index contributed by atoms with van der Waals surface area (Å²) in [4.78, 5) is 30.1. The maximum atomic E-state index is 13.7. The van der Waals surface area contributed by atoms with E-state index in [9.17, 15) is 9.59 Å². The van der Waals surface area contributed by atoms with Crippen LogP contribution in [0.4, 0.5) is 11.4 Å². The smallest absolute Gasteiger partial charge is 0.270 e. The maximum Gasteiger partial charge on any atom is 0.270 e. The van der Waals surface area contributed by atoms with Gasteiger partial charge in [-0.05, 0) is 73.6 Å². The van der Waals surface area contributed by atoms with Crippen LogP contribution in [0.25, 0.3) is 6.08 Å². The average Bonchev–Trinajstić information content (AvgIpc) is 3.27. The number of thiocarbonyl (C=S) groups is 1. The first-order valence-corrected chi connectivity index (χ1v) is 10.8. The zero-order valence-electron chi connectivity index (χ0n) is 18.1. The summed E-state index contributed by atoms with van der Waals surface area (Å²) in [6.45, 7) is 4.05. The van der Waals surface area contributed by atoms with Crippen molar-refractivity contribution in [2.45, 2.75) is 13.8 Å². The third-order valence-electron chi connectivity index (χ3n) is 5.56. The Morgan fingerprint density at radius 2 is 1.58 bits per heavy atom. The second kappa shape index (κ2) is 8.18. The van der Waals surface area contributed by atoms with E-state index in [0.29, 0.717) is 28.4 Å². The van der Waals surface area contributed by atoms with Crippen LogP contribution in [-0.2, 0) is 9.59 Å². The van der Waals surface area contributed by atoms with Gasteiger partial charge in [-0.2, -0.15) is 0 Å². The van der Waals surface area contributed by atoms with Crippen LogP contribution in [0.3, 0.4) is 0 Å². The second-order valence-corrected chi connectivity index (χ2v) is 8.23. The fourth-order valence-corrected chi connectivity index (χ4v) is 4.34. The van der Waals surface area contributed by atoms with Gasteiger partial charge in [0.2, 0.25) is 6.79 Å². The molecule has 0 atom stereocenters. The predicted molar refractivity (Wildman–Crippen MR) is 130 cm³/mol. The van der Waals surface area contributed by atoms with E-state index >= 15 is 0 Å². The number of aryl methyl sites for hydroxylation is 2. The molecular weight excluding hydrogens is 436 g/mol. The monoisotopic (exact) mass is 456 g/mol. The third-order valence-corrected chi connectivity index (χ3v) is 5.93. The van der Waals surface area contributed by atoms with Gasteiger partial charge in [0.1, 0.15) is 5.57 Å². The van der Waals surface area contributed by atoms with E-state index in [2.05, 4.69) is 0 Å². The van der Waals surface area contributed by atoms with Crippen LogP contribution in [0.15, 0.2) is 72.3 Å². The van der Waals surface area contributed by atoms with Crippen molar-refractivity contribution in [1.82, 2.24) is 0 Å². The molecule has 0 N–H and O–H groups in total. The van der Waals surface area contributed by atoms with Crippen molar-refractivity contribution in [2.75, 3.05) is 16.6 Å². The van der Waals surface area contributed by atoms with E-state index in [0.717, 1.165) is 11.1 Å². The molecule has 0 spiro atoms. The summed E-state index contributed by atoms with van der Waals surface area (Å²) in [5.74, 6) is 0.251. The molecule has 1 saturated heterocycles. The van der Waals surface area contributed by atoms with E-state index in [-0.39, 0.29) is 17.5 Å². The van der Waals surface area contributed by atoms with Crippen molar-refractivity contribution < 1.29 is 19.1 Å². The van der Waals surface area contributed by atoms with Gasteiger partial charge in [0.15, 0.2) is 16.6 Å². The molecule has 2 heterocycles. The Balaban J connectivity index is 1.65. The number of carbonyl (C=O) groups excluding carboxylic acids is 2. The molecule has 3 aromatic carbocycles. The molecule has 164 valence electrons. The standard InChI is InChI=1S/C26H20N2O4S/c1-16-8-10-21(17(2)12-16)28-25(30)20(13-18-9-11-22-23(14-18)32-15-31-22)24(29)27(26(28)33)19-6-4-3-5-7-19/h3-14H,15H2,1-2H3/b20-13-. The van der Waals surface area contributed by atoms with Crippen molar-refractivity contribution >= 4 is 46.6 Å². The van der Waals surface area contributed by atoms with Crippen LogP contribution >= 0.6 is 12.2 Å². The number of fused-ring (bicyclic) bond motifs is 1. The molecule has 0 radical (unpaired) electrons.